The van der Waals surface area contributed by atoms with Crippen LogP contribution < -0.4 is 4.74 Å². The summed E-state index contributed by atoms with van der Waals surface area (Å²) < 4.78 is 5.61. The van der Waals surface area contributed by atoms with Gasteiger partial charge in [-0.05, 0) is 38.6 Å². The number of β-amino-alcohol motifs (C(OH)–C–C–N with tert-alkyl or cyclic N) is 1. The zero-order chi connectivity index (χ0) is 14.5. The molecule has 112 valence electrons. The van der Waals surface area contributed by atoms with E-state index >= 15 is 0 Å². The molecule has 1 heterocycles. The summed E-state index contributed by atoms with van der Waals surface area (Å²) in [4.78, 5) is 4.64. The molecule has 0 bridgehead atoms. The molecule has 1 atom stereocenters. The van der Waals surface area contributed by atoms with Crippen molar-refractivity contribution in [3.8, 4) is 5.75 Å². The first-order valence-corrected chi connectivity index (χ1v) is 7.40. The lowest BCUT2D eigenvalue weighted by atomic mass is 10.1. The highest BCUT2D eigenvalue weighted by Gasteiger charge is 2.17. The van der Waals surface area contributed by atoms with Gasteiger partial charge in [0.05, 0.1) is 12.2 Å². The number of benzene rings is 1. The number of hydrogen-bond acceptors (Lipinski definition) is 4. The first kappa shape index (κ1) is 15.3. The second kappa shape index (κ2) is 7.07. The standard InChI is InChI=1S/C16H26N2O2/c1-13(2)20-15-6-4-14(5-7-15)16(19)12-18-10-8-17(3)9-11-18/h4-7,13,16,19H,8-12H2,1-3H3/t16-/m1/s1. The molecule has 1 aromatic rings. The maximum Gasteiger partial charge on any atom is 0.119 e. The Morgan fingerprint density at radius 2 is 1.70 bits per heavy atom. The maximum atomic E-state index is 10.3. The van der Waals surface area contributed by atoms with E-state index in [1.165, 1.54) is 0 Å². The molecule has 4 nitrogen and oxygen atoms in total. The van der Waals surface area contributed by atoms with Crippen LogP contribution in [0.15, 0.2) is 24.3 Å². The van der Waals surface area contributed by atoms with E-state index in [-0.39, 0.29) is 6.10 Å². The van der Waals surface area contributed by atoms with E-state index in [2.05, 4.69) is 16.8 Å². The molecule has 1 aromatic carbocycles. The number of aliphatic hydroxyl groups is 1. The van der Waals surface area contributed by atoms with Gasteiger partial charge in [0.25, 0.3) is 0 Å². The number of rotatable bonds is 5. The number of aliphatic hydroxyl groups excluding tert-OH is 1. The summed E-state index contributed by atoms with van der Waals surface area (Å²) in [6.07, 6.45) is -0.248. The van der Waals surface area contributed by atoms with Crippen LogP contribution in [0.4, 0.5) is 0 Å². The average Bonchev–Trinajstić information content (AvgIpc) is 2.41. The van der Waals surface area contributed by atoms with Crippen LogP contribution in [0.25, 0.3) is 0 Å². The lowest BCUT2D eigenvalue weighted by molar-refractivity contribution is 0.0805. The van der Waals surface area contributed by atoms with Gasteiger partial charge in [-0.3, -0.25) is 4.90 Å². The summed E-state index contributed by atoms with van der Waals surface area (Å²) in [5, 5.41) is 10.3. The van der Waals surface area contributed by atoms with E-state index in [1.807, 2.05) is 38.1 Å². The first-order valence-electron chi connectivity index (χ1n) is 7.40. The molecule has 0 spiro atoms. The first-order chi connectivity index (χ1) is 9.54. The second-order valence-corrected chi connectivity index (χ2v) is 5.86. The van der Waals surface area contributed by atoms with Crippen LogP contribution in [0.5, 0.6) is 5.75 Å². The minimum absolute atomic E-state index is 0.177. The van der Waals surface area contributed by atoms with Crippen molar-refractivity contribution in [2.45, 2.75) is 26.1 Å². The predicted molar refractivity (Wildman–Crippen MR) is 81.1 cm³/mol. The van der Waals surface area contributed by atoms with Crippen molar-refractivity contribution >= 4 is 0 Å². The van der Waals surface area contributed by atoms with Crippen LogP contribution in [0, 0.1) is 0 Å². The van der Waals surface area contributed by atoms with Crippen molar-refractivity contribution in [1.82, 2.24) is 9.80 Å². The molecule has 0 saturated carbocycles. The number of nitrogens with zero attached hydrogens (tertiary/aromatic N) is 2. The monoisotopic (exact) mass is 278 g/mol. The molecule has 0 radical (unpaired) electrons. The minimum atomic E-state index is -0.425. The smallest absolute Gasteiger partial charge is 0.119 e. The van der Waals surface area contributed by atoms with Gasteiger partial charge in [-0.25, -0.2) is 0 Å². The van der Waals surface area contributed by atoms with Crippen molar-refractivity contribution < 1.29 is 9.84 Å². The summed E-state index contributed by atoms with van der Waals surface area (Å²) in [6.45, 7) is 8.94. The normalized spacial score (nSPS) is 19.2. The second-order valence-electron chi connectivity index (χ2n) is 5.86. The molecule has 20 heavy (non-hydrogen) atoms. The molecular formula is C16H26N2O2. The number of hydrogen-bond donors (Lipinski definition) is 1. The molecule has 4 heteroatoms. The maximum absolute atomic E-state index is 10.3. The largest absolute Gasteiger partial charge is 0.491 e. The van der Waals surface area contributed by atoms with E-state index in [4.69, 9.17) is 4.74 Å². The van der Waals surface area contributed by atoms with E-state index in [0.29, 0.717) is 6.54 Å². The van der Waals surface area contributed by atoms with E-state index in [0.717, 1.165) is 37.5 Å². The number of likely N-dealkylation sites (N-methyl/N-ethyl adjacent to an activating group) is 1. The highest BCUT2D eigenvalue weighted by atomic mass is 16.5. The Bertz CT molecular complexity index is 397. The van der Waals surface area contributed by atoms with E-state index in [9.17, 15) is 5.11 Å². The molecule has 1 saturated heterocycles. The summed E-state index contributed by atoms with van der Waals surface area (Å²) in [5.41, 5.74) is 0.958. The molecule has 1 N–H and O–H groups in total. The molecule has 0 aliphatic carbocycles. The molecule has 2 rings (SSSR count). The van der Waals surface area contributed by atoms with Gasteiger partial charge in [0.1, 0.15) is 5.75 Å². The fourth-order valence-corrected chi connectivity index (χ4v) is 2.42. The molecule has 0 aromatic heterocycles. The lowest BCUT2D eigenvalue weighted by Crippen LogP contribution is -2.45. The van der Waals surface area contributed by atoms with Crippen molar-refractivity contribution in [3.63, 3.8) is 0 Å². The van der Waals surface area contributed by atoms with Crippen LogP contribution in [0.1, 0.15) is 25.5 Å². The topological polar surface area (TPSA) is 35.9 Å². The van der Waals surface area contributed by atoms with Crippen LogP contribution >= 0.6 is 0 Å². The number of ether oxygens (including phenoxy) is 1. The van der Waals surface area contributed by atoms with Gasteiger partial charge in [-0.1, -0.05) is 12.1 Å². The molecule has 0 amide bonds. The molecule has 0 unspecified atom stereocenters. The Hall–Kier alpha value is -1.10. The summed E-state index contributed by atoms with van der Waals surface area (Å²) in [7, 11) is 2.14. The van der Waals surface area contributed by atoms with Crippen molar-refractivity contribution in [3.05, 3.63) is 29.8 Å². The Balaban J connectivity index is 1.87. The number of piperazine rings is 1. The van der Waals surface area contributed by atoms with Gasteiger partial charge in [0.2, 0.25) is 0 Å². The molecule has 1 fully saturated rings. The summed E-state index contributed by atoms with van der Waals surface area (Å²) >= 11 is 0. The summed E-state index contributed by atoms with van der Waals surface area (Å²) in [5.74, 6) is 0.857. The van der Waals surface area contributed by atoms with Gasteiger partial charge in [0, 0.05) is 32.7 Å². The Kier molecular flexibility index (Phi) is 5.40. The molecule has 1 aliphatic heterocycles. The lowest BCUT2D eigenvalue weighted by Gasteiger charge is -2.33. The molecular weight excluding hydrogens is 252 g/mol. The van der Waals surface area contributed by atoms with E-state index < -0.39 is 6.10 Å². The quantitative estimate of drug-likeness (QED) is 0.890. The molecule has 1 aliphatic rings. The van der Waals surface area contributed by atoms with Gasteiger partial charge in [-0.15, -0.1) is 0 Å². The third-order valence-corrected chi connectivity index (χ3v) is 3.66. The Morgan fingerprint density at radius 3 is 2.25 bits per heavy atom. The van der Waals surface area contributed by atoms with Crippen LogP contribution in [-0.2, 0) is 0 Å². The van der Waals surface area contributed by atoms with Gasteiger partial charge >= 0.3 is 0 Å². The Labute approximate surface area is 122 Å². The summed E-state index contributed by atoms with van der Waals surface area (Å²) in [6, 6.07) is 7.78. The fraction of sp³-hybridized carbons (Fsp3) is 0.625. The van der Waals surface area contributed by atoms with Crippen LogP contribution in [-0.4, -0.2) is 60.8 Å². The highest BCUT2D eigenvalue weighted by Crippen LogP contribution is 2.20. The zero-order valence-electron chi connectivity index (χ0n) is 12.7. The zero-order valence-corrected chi connectivity index (χ0v) is 12.7. The van der Waals surface area contributed by atoms with Crippen molar-refractivity contribution in [2.24, 2.45) is 0 Å². The van der Waals surface area contributed by atoms with Gasteiger partial charge in [-0.2, -0.15) is 0 Å². The Morgan fingerprint density at radius 1 is 1.10 bits per heavy atom. The van der Waals surface area contributed by atoms with Crippen molar-refractivity contribution in [2.75, 3.05) is 39.8 Å². The fourth-order valence-electron chi connectivity index (χ4n) is 2.42. The predicted octanol–water partition coefficient (Wildman–Crippen LogP) is 1.75. The minimum Gasteiger partial charge on any atom is -0.491 e. The van der Waals surface area contributed by atoms with Crippen LogP contribution in [0.3, 0.4) is 0 Å². The van der Waals surface area contributed by atoms with Gasteiger partial charge < -0.3 is 14.7 Å². The van der Waals surface area contributed by atoms with Crippen LogP contribution in [0.2, 0.25) is 0 Å². The SMILES string of the molecule is CC(C)Oc1ccc([C@H](O)CN2CCN(C)CC2)cc1. The third-order valence-electron chi connectivity index (χ3n) is 3.66. The highest BCUT2D eigenvalue weighted by molar-refractivity contribution is 5.28. The van der Waals surface area contributed by atoms with Gasteiger partial charge in [0.15, 0.2) is 0 Å². The van der Waals surface area contributed by atoms with E-state index in [1.54, 1.807) is 0 Å². The van der Waals surface area contributed by atoms with Crippen molar-refractivity contribution in [1.29, 1.82) is 0 Å². The average molecular weight is 278 g/mol. The third kappa shape index (κ3) is 4.47.